The van der Waals surface area contributed by atoms with Crippen molar-refractivity contribution < 1.29 is 37.5 Å². The van der Waals surface area contributed by atoms with Crippen LogP contribution in [-0.2, 0) is 10.0 Å². The summed E-state index contributed by atoms with van der Waals surface area (Å²) in [7, 11) is -4.70. The highest BCUT2D eigenvalue weighted by molar-refractivity contribution is 7.90. The van der Waals surface area contributed by atoms with Gasteiger partial charge in [-0.15, -0.1) is 0 Å². The van der Waals surface area contributed by atoms with Crippen molar-refractivity contribution in [2.45, 2.75) is 138 Å². The lowest BCUT2D eigenvalue weighted by molar-refractivity contribution is -0.384. The van der Waals surface area contributed by atoms with Crippen LogP contribution in [0, 0.1) is 21.4 Å². The van der Waals surface area contributed by atoms with Crippen molar-refractivity contribution in [2.24, 2.45) is 11.3 Å². The number of rotatable bonds is 13. The number of carbonyl (C=O) groups is 1. The summed E-state index contributed by atoms with van der Waals surface area (Å²) in [5.41, 5.74) is 3.44. The predicted octanol–water partition coefficient (Wildman–Crippen LogP) is 9.75. The van der Waals surface area contributed by atoms with E-state index in [-0.39, 0.29) is 64.5 Å². The molecule has 6 aliphatic rings. The molecular formula is C53H63N7O9S. The summed E-state index contributed by atoms with van der Waals surface area (Å²) < 4.78 is 49.3. The van der Waals surface area contributed by atoms with Gasteiger partial charge in [0.15, 0.2) is 17.2 Å². The Morgan fingerprint density at radius 2 is 1.74 bits per heavy atom. The van der Waals surface area contributed by atoms with Crippen LogP contribution in [0.5, 0.6) is 23.1 Å². The maximum absolute atomic E-state index is 14.3. The van der Waals surface area contributed by atoms with Crippen LogP contribution in [0.2, 0.25) is 0 Å². The summed E-state index contributed by atoms with van der Waals surface area (Å²) >= 11 is 0. The van der Waals surface area contributed by atoms with Gasteiger partial charge in [-0.2, -0.15) is 4.98 Å². The number of carbonyl (C=O) groups excluding carboxylic acids is 1. The van der Waals surface area contributed by atoms with Crippen molar-refractivity contribution in [1.29, 1.82) is 0 Å². The minimum atomic E-state index is -4.70. The van der Waals surface area contributed by atoms with E-state index in [0.29, 0.717) is 49.3 Å². The van der Waals surface area contributed by atoms with Gasteiger partial charge in [0.1, 0.15) is 24.1 Å². The van der Waals surface area contributed by atoms with Crippen molar-refractivity contribution >= 4 is 44.0 Å². The molecule has 16 nitrogen and oxygen atoms in total. The number of pyridine rings is 1. The number of aromatic nitrogens is 2. The first-order valence-electron chi connectivity index (χ1n) is 25.2. The number of likely N-dealkylation sites (tertiary alicyclic amines) is 1. The highest BCUT2D eigenvalue weighted by atomic mass is 32.2. The number of nitrogens with zero attached hydrogens (tertiary/aromatic N) is 4. The van der Waals surface area contributed by atoms with E-state index in [1.165, 1.54) is 42.9 Å². The Hall–Kier alpha value is -5.91. The molecule has 4 N–H and O–H groups in total. The number of benzene rings is 3. The summed E-state index contributed by atoms with van der Waals surface area (Å²) in [6.07, 6.45) is 13.0. The molecule has 370 valence electrons. The fourth-order valence-electron chi connectivity index (χ4n) is 12.0. The van der Waals surface area contributed by atoms with Gasteiger partial charge in [-0.05, 0) is 143 Å². The molecule has 2 atom stereocenters. The van der Waals surface area contributed by atoms with E-state index in [1.807, 2.05) is 19.1 Å². The number of nitrogens with one attached hydrogen (secondary N) is 3. The van der Waals surface area contributed by atoms with Gasteiger partial charge in [-0.1, -0.05) is 38.1 Å². The fourth-order valence-corrected chi connectivity index (χ4v) is 13.0. The topological polar surface area (TPSA) is 201 Å². The summed E-state index contributed by atoms with van der Waals surface area (Å²) in [4.78, 5) is 38.6. The monoisotopic (exact) mass is 973 g/mol. The lowest BCUT2D eigenvalue weighted by Gasteiger charge is -2.56. The van der Waals surface area contributed by atoms with Crippen LogP contribution in [0.15, 0.2) is 77.8 Å². The quantitative estimate of drug-likeness (QED) is 0.0642. The number of aromatic amines is 1. The second-order valence-electron chi connectivity index (χ2n) is 21.4. The van der Waals surface area contributed by atoms with Crippen molar-refractivity contribution in [1.82, 2.24) is 19.6 Å². The SMILES string of the molecule is CC(C)c1ccccc1[C@H]1CCCN1C1CC2(CCN(c3ccc(C(=O)NS(=O)(=O)c4cc5c(c([N+](=O)[O-])c4)N[C@@H]([C@H]4CC[C@](C)(O)CC4)CO5)c(Oc4cc5cc[nH]c5nc4OC4CC4)c3)CC2)C1. The Bertz CT molecular complexity index is 2930. The lowest BCUT2D eigenvalue weighted by atomic mass is 9.59. The van der Waals surface area contributed by atoms with Crippen molar-refractivity contribution in [2.75, 3.05) is 36.5 Å². The van der Waals surface area contributed by atoms with Crippen molar-refractivity contribution in [3.05, 3.63) is 99.7 Å². The van der Waals surface area contributed by atoms with E-state index >= 15 is 0 Å². The van der Waals surface area contributed by atoms with Crippen LogP contribution in [0.1, 0.15) is 131 Å². The minimum absolute atomic E-state index is 0.00122. The first-order chi connectivity index (χ1) is 33.6. The largest absolute Gasteiger partial charge is 0.489 e. The van der Waals surface area contributed by atoms with E-state index in [2.05, 4.69) is 62.9 Å². The molecular weight excluding hydrogens is 911 g/mol. The zero-order valence-corrected chi connectivity index (χ0v) is 40.9. The number of aliphatic hydroxyl groups is 1. The third-order valence-electron chi connectivity index (χ3n) is 16.2. The van der Waals surface area contributed by atoms with Crippen molar-refractivity contribution in [3.63, 3.8) is 0 Å². The Morgan fingerprint density at radius 3 is 2.49 bits per heavy atom. The normalized spacial score (nSPS) is 24.7. The molecule has 11 rings (SSSR count). The molecule has 0 bridgehead atoms. The molecule has 3 saturated carbocycles. The number of sulfonamides is 1. The van der Waals surface area contributed by atoms with Gasteiger partial charge in [0.2, 0.25) is 0 Å². The second-order valence-corrected chi connectivity index (χ2v) is 23.1. The zero-order valence-electron chi connectivity index (χ0n) is 40.1. The highest BCUT2D eigenvalue weighted by Crippen LogP contribution is 2.55. The summed E-state index contributed by atoms with van der Waals surface area (Å²) in [6, 6.07) is 20.7. The van der Waals surface area contributed by atoms with Gasteiger partial charge in [0, 0.05) is 60.6 Å². The molecule has 17 heteroatoms. The predicted molar refractivity (Wildman–Crippen MR) is 266 cm³/mol. The number of hydrogen-bond acceptors (Lipinski definition) is 13. The third-order valence-corrected chi connectivity index (χ3v) is 17.5. The molecule has 3 aromatic carbocycles. The van der Waals surface area contributed by atoms with Crippen LogP contribution in [0.25, 0.3) is 11.0 Å². The van der Waals surface area contributed by atoms with Gasteiger partial charge in [0.25, 0.3) is 27.5 Å². The molecule has 70 heavy (non-hydrogen) atoms. The molecule has 2 saturated heterocycles. The minimum Gasteiger partial charge on any atom is -0.489 e. The number of fused-ring (bicyclic) bond motifs is 2. The van der Waals surface area contributed by atoms with Crippen LogP contribution in [-0.4, -0.2) is 89.3 Å². The molecule has 3 aliphatic carbocycles. The molecule has 0 unspecified atom stereocenters. The lowest BCUT2D eigenvalue weighted by Crippen LogP contribution is -2.54. The maximum atomic E-state index is 14.3. The molecule has 0 radical (unpaired) electrons. The molecule has 1 amide bonds. The van der Waals surface area contributed by atoms with E-state index in [9.17, 15) is 28.4 Å². The maximum Gasteiger partial charge on any atom is 0.297 e. The first kappa shape index (κ1) is 46.5. The van der Waals surface area contributed by atoms with Crippen LogP contribution < -0.4 is 29.1 Å². The number of anilines is 2. The Kier molecular flexibility index (Phi) is 12.0. The molecule has 2 aromatic heterocycles. The van der Waals surface area contributed by atoms with Gasteiger partial charge >= 0.3 is 0 Å². The Labute approximate surface area is 408 Å². The summed E-state index contributed by atoms with van der Waals surface area (Å²) in [6.45, 7) is 9.31. The smallest absolute Gasteiger partial charge is 0.297 e. The average molecular weight is 974 g/mol. The van der Waals surface area contributed by atoms with Crippen molar-refractivity contribution in [3.8, 4) is 23.1 Å². The molecule has 5 heterocycles. The summed E-state index contributed by atoms with van der Waals surface area (Å²) in [5, 5.41) is 27.0. The van der Waals surface area contributed by atoms with Gasteiger partial charge in [-0.3, -0.25) is 19.8 Å². The van der Waals surface area contributed by atoms with Crippen LogP contribution in [0.3, 0.4) is 0 Å². The standard InChI is InChI=1S/C53H63N7O9S/c1-32(2)39-7-4-5-8-40(39)43-9-6-22-59(43)36-29-53(30-36)19-23-58(24-20-53)35-10-13-41(45(26-35)69-47-25-34-16-21-54-49(34)56-51(47)68-37-11-12-37)50(61)57-70(65,66)38-27-44(60(63)64)48-46(28-38)67-31-42(55-48)33-14-17-52(3,62)18-15-33/h4-5,7-8,10,13,16,21,25-28,32-33,36-37,42-43,55,62H,6,9,11-12,14-15,17-20,22-24,29-31H2,1-3H3,(H,54,56)(H,57,61)/t33-,42-,43-,52-/m1/s1. The first-order valence-corrected chi connectivity index (χ1v) is 26.7. The molecule has 5 aromatic rings. The second kappa shape index (κ2) is 18.0. The summed E-state index contributed by atoms with van der Waals surface area (Å²) in [5.74, 6) is 0.230. The highest BCUT2D eigenvalue weighted by Gasteiger charge is 2.50. The number of nitro groups is 1. The number of ether oxygens (including phenoxy) is 3. The fraction of sp³-hybridized carbons (Fsp3) is 0.509. The number of piperidine rings is 1. The van der Waals surface area contributed by atoms with Crippen LogP contribution in [0.4, 0.5) is 17.1 Å². The molecule has 3 aliphatic heterocycles. The van der Waals surface area contributed by atoms with E-state index in [4.69, 9.17) is 19.2 Å². The van der Waals surface area contributed by atoms with Gasteiger partial charge in [0.05, 0.1) is 27.0 Å². The average Bonchev–Trinajstić information content (AvgIpc) is 3.81. The Morgan fingerprint density at radius 1 is 0.971 bits per heavy atom. The molecule has 1 spiro atoms. The number of hydrogen-bond donors (Lipinski definition) is 4. The zero-order chi connectivity index (χ0) is 48.5. The Balaban J connectivity index is 0.833. The molecule has 5 fully saturated rings. The number of amides is 1. The number of nitro benzene ring substituents is 1. The number of H-pyrrole nitrogens is 1. The van der Waals surface area contributed by atoms with E-state index in [1.54, 1.807) is 24.4 Å². The van der Waals surface area contributed by atoms with E-state index < -0.39 is 37.0 Å². The van der Waals surface area contributed by atoms with Gasteiger partial charge in [-0.25, -0.2) is 13.1 Å². The third kappa shape index (κ3) is 9.16. The van der Waals surface area contributed by atoms with Gasteiger partial charge < -0.3 is 34.5 Å². The van der Waals surface area contributed by atoms with E-state index in [0.717, 1.165) is 62.5 Å². The van der Waals surface area contributed by atoms with Crippen LogP contribution >= 0.6 is 0 Å².